The molecule has 3 atom stereocenters. The molecule has 1 nitrogen and oxygen atoms in total. The van der Waals surface area contributed by atoms with Crippen molar-refractivity contribution in [2.24, 2.45) is 23.5 Å². The minimum atomic E-state index is 0.776. The van der Waals surface area contributed by atoms with Gasteiger partial charge in [0.1, 0.15) is 0 Å². The van der Waals surface area contributed by atoms with E-state index in [0.717, 1.165) is 24.3 Å². The third-order valence-corrected chi connectivity index (χ3v) is 5.25. The highest BCUT2D eigenvalue weighted by atomic mass is 32.2. The second kappa shape index (κ2) is 7.20. The van der Waals surface area contributed by atoms with Crippen LogP contribution in [0, 0.1) is 17.8 Å². The zero-order valence-corrected chi connectivity index (χ0v) is 12.2. The highest BCUT2D eigenvalue weighted by molar-refractivity contribution is 7.99. The molecule has 1 aromatic carbocycles. The highest BCUT2D eigenvalue weighted by Gasteiger charge is 2.27. The normalized spacial score (nSPS) is 28.2. The van der Waals surface area contributed by atoms with Crippen molar-refractivity contribution >= 4 is 11.8 Å². The predicted molar refractivity (Wildman–Crippen MR) is 80.8 cm³/mol. The first kappa shape index (κ1) is 14.0. The van der Waals surface area contributed by atoms with E-state index in [0.29, 0.717) is 0 Å². The Morgan fingerprint density at radius 3 is 2.67 bits per heavy atom. The van der Waals surface area contributed by atoms with E-state index in [2.05, 4.69) is 37.3 Å². The second-order valence-electron chi connectivity index (χ2n) is 5.62. The summed E-state index contributed by atoms with van der Waals surface area (Å²) in [5.41, 5.74) is 5.92. The van der Waals surface area contributed by atoms with E-state index < -0.39 is 0 Å². The summed E-state index contributed by atoms with van der Waals surface area (Å²) in [6, 6.07) is 10.7. The molecular weight excluding hydrogens is 238 g/mol. The van der Waals surface area contributed by atoms with Crippen molar-refractivity contribution in [1.82, 2.24) is 0 Å². The van der Waals surface area contributed by atoms with Gasteiger partial charge in [-0.1, -0.05) is 31.5 Å². The monoisotopic (exact) mass is 263 g/mol. The Bertz CT molecular complexity index is 338. The van der Waals surface area contributed by atoms with Crippen LogP contribution in [0.1, 0.15) is 32.6 Å². The largest absolute Gasteiger partial charge is 0.330 e. The molecule has 2 heteroatoms. The second-order valence-corrected chi connectivity index (χ2v) is 6.79. The Labute approximate surface area is 116 Å². The molecule has 1 aliphatic carbocycles. The van der Waals surface area contributed by atoms with Gasteiger partial charge >= 0.3 is 0 Å². The van der Waals surface area contributed by atoms with Gasteiger partial charge in [-0.3, -0.25) is 0 Å². The number of hydrogen-bond donors (Lipinski definition) is 1. The summed E-state index contributed by atoms with van der Waals surface area (Å²) < 4.78 is 0. The average Bonchev–Trinajstić information content (AvgIpc) is 2.40. The van der Waals surface area contributed by atoms with Crippen LogP contribution in [0.2, 0.25) is 0 Å². The number of hydrogen-bond acceptors (Lipinski definition) is 2. The Morgan fingerprint density at radius 1 is 1.17 bits per heavy atom. The molecule has 0 heterocycles. The van der Waals surface area contributed by atoms with E-state index in [1.807, 2.05) is 11.8 Å². The molecule has 3 unspecified atom stereocenters. The highest BCUT2D eigenvalue weighted by Crippen LogP contribution is 2.36. The molecule has 1 fully saturated rings. The molecule has 1 aromatic rings. The van der Waals surface area contributed by atoms with Gasteiger partial charge in [0.15, 0.2) is 0 Å². The number of rotatable bonds is 5. The molecule has 0 bridgehead atoms. The summed E-state index contributed by atoms with van der Waals surface area (Å²) in [5.74, 6) is 3.77. The van der Waals surface area contributed by atoms with Gasteiger partial charge in [0.2, 0.25) is 0 Å². The zero-order chi connectivity index (χ0) is 12.8. The molecule has 2 rings (SSSR count). The molecular formula is C16H25NS. The molecule has 2 N–H and O–H groups in total. The maximum atomic E-state index is 5.92. The van der Waals surface area contributed by atoms with Gasteiger partial charge in [-0.05, 0) is 61.4 Å². The maximum Gasteiger partial charge on any atom is 0.00719 e. The first-order valence-corrected chi connectivity index (χ1v) is 8.16. The lowest BCUT2D eigenvalue weighted by Crippen LogP contribution is -2.30. The van der Waals surface area contributed by atoms with E-state index >= 15 is 0 Å². The minimum absolute atomic E-state index is 0.776. The van der Waals surface area contributed by atoms with Crippen molar-refractivity contribution in [3.8, 4) is 0 Å². The molecule has 1 saturated carbocycles. The molecule has 0 aliphatic heterocycles. The van der Waals surface area contributed by atoms with E-state index in [1.54, 1.807) is 0 Å². The molecule has 100 valence electrons. The lowest BCUT2D eigenvalue weighted by Gasteiger charge is -2.34. The summed E-state index contributed by atoms with van der Waals surface area (Å²) >= 11 is 1.99. The summed E-state index contributed by atoms with van der Waals surface area (Å²) in [5, 5.41) is 0. The van der Waals surface area contributed by atoms with E-state index in [9.17, 15) is 0 Å². The Morgan fingerprint density at radius 2 is 1.94 bits per heavy atom. The molecule has 18 heavy (non-hydrogen) atoms. The smallest absolute Gasteiger partial charge is 0.00719 e. The van der Waals surface area contributed by atoms with Crippen molar-refractivity contribution in [2.75, 3.05) is 12.3 Å². The molecule has 0 spiro atoms. The van der Waals surface area contributed by atoms with Crippen LogP contribution in [-0.2, 0) is 0 Å². The van der Waals surface area contributed by atoms with Crippen LogP contribution in [0.3, 0.4) is 0 Å². The van der Waals surface area contributed by atoms with Crippen LogP contribution in [0.5, 0.6) is 0 Å². The van der Waals surface area contributed by atoms with Crippen LogP contribution < -0.4 is 5.73 Å². The van der Waals surface area contributed by atoms with Crippen molar-refractivity contribution < 1.29 is 0 Å². The standard InChI is InChI=1S/C16H25NS/c1-13-7-8-15(12-17)14(11-13)9-10-18-16-5-3-2-4-6-16/h2-6,13-15H,7-12,17H2,1H3. The van der Waals surface area contributed by atoms with E-state index in [-0.39, 0.29) is 0 Å². The van der Waals surface area contributed by atoms with Gasteiger partial charge in [-0.2, -0.15) is 0 Å². The van der Waals surface area contributed by atoms with Crippen LogP contribution in [0.4, 0.5) is 0 Å². The van der Waals surface area contributed by atoms with Gasteiger partial charge in [0.25, 0.3) is 0 Å². The van der Waals surface area contributed by atoms with E-state index in [1.165, 1.54) is 36.3 Å². The number of nitrogens with two attached hydrogens (primary N) is 1. The molecule has 0 saturated heterocycles. The zero-order valence-electron chi connectivity index (χ0n) is 11.3. The summed E-state index contributed by atoms with van der Waals surface area (Å²) in [4.78, 5) is 1.39. The quantitative estimate of drug-likeness (QED) is 0.807. The van der Waals surface area contributed by atoms with Crippen molar-refractivity contribution in [1.29, 1.82) is 0 Å². The molecule has 0 radical (unpaired) electrons. The third kappa shape index (κ3) is 4.03. The molecule has 0 aromatic heterocycles. The summed E-state index contributed by atoms with van der Waals surface area (Å²) in [6.45, 7) is 3.28. The molecule has 1 aliphatic rings. The molecule has 0 amide bonds. The maximum absolute atomic E-state index is 5.92. The van der Waals surface area contributed by atoms with Gasteiger partial charge in [-0.25, -0.2) is 0 Å². The lowest BCUT2D eigenvalue weighted by atomic mass is 9.73. The van der Waals surface area contributed by atoms with Crippen molar-refractivity contribution in [2.45, 2.75) is 37.5 Å². The number of benzene rings is 1. The third-order valence-electron chi connectivity index (χ3n) is 4.21. The topological polar surface area (TPSA) is 26.0 Å². The van der Waals surface area contributed by atoms with Gasteiger partial charge in [0, 0.05) is 4.90 Å². The number of thioether (sulfide) groups is 1. The summed E-state index contributed by atoms with van der Waals surface area (Å²) in [7, 11) is 0. The van der Waals surface area contributed by atoms with Gasteiger partial charge in [-0.15, -0.1) is 11.8 Å². The Hall–Kier alpha value is -0.470. The SMILES string of the molecule is CC1CCC(CN)C(CCSc2ccccc2)C1. The lowest BCUT2D eigenvalue weighted by molar-refractivity contribution is 0.190. The van der Waals surface area contributed by atoms with Gasteiger partial charge < -0.3 is 5.73 Å². The van der Waals surface area contributed by atoms with Crippen LogP contribution in [0.25, 0.3) is 0 Å². The van der Waals surface area contributed by atoms with Crippen molar-refractivity contribution in [3.63, 3.8) is 0 Å². The van der Waals surface area contributed by atoms with Gasteiger partial charge in [0.05, 0.1) is 0 Å². The minimum Gasteiger partial charge on any atom is -0.330 e. The van der Waals surface area contributed by atoms with Crippen molar-refractivity contribution in [3.05, 3.63) is 30.3 Å². The average molecular weight is 263 g/mol. The Kier molecular flexibility index (Phi) is 5.58. The van der Waals surface area contributed by atoms with Crippen LogP contribution in [0.15, 0.2) is 35.2 Å². The fourth-order valence-corrected chi connectivity index (χ4v) is 4.08. The first-order valence-electron chi connectivity index (χ1n) is 7.17. The fraction of sp³-hybridized carbons (Fsp3) is 0.625. The first-order chi connectivity index (χ1) is 8.79. The van der Waals surface area contributed by atoms with Crippen LogP contribution in [-0.4, -0.2) is 12.3 Å². The Balaban J connectivity index is 1.77. The summed E-state index contributed by atoms with van der Waals surface area (Å²) in [6.07, 6.45) is 5.44. The van der Waals surface area contributed by atoms with Crippen LogP contribution >= 0.6 is 11.8 Å². The fourth-order valence-electron chi connectivity index (χ4n) is 3.07. The van der Waals surface area contributed by atoms with E-state index in [4.69, 9.17) is 5.73 Å². The predicted octanol–water partition coefficient (Wildman–Crippen LogP) is 4.18.